The van der Waals surface area contributed by atoms with Crippen molar-refractivity contribution >= 4 is 97.3 Å². The van der Waals surface area contributed by atoms with Crippen molar-refractivity contribution in [2.24, 2.45) is 0 Å². The summed E-state index contributed by atoms with van der Waals surface area (Å²) in [4.78, 5) is 0. The van der Waals surface area contributed by atoms with Gasteiger partial charge in [0.2, 0.25) is 0 Å². The Bertz CT molecular complexity index is 4080. The standard InChI is InChI=1S/C60H34O/c1-2-16-55-49(15-1)54-33-52-47(43-13-5-11-41(31-43)45-25-21-39-19-17-35-7-3-9-37-23-27-50(45)59(39)57(35)37)29-30-48(53(52)34-56(54)61-55)44-14-6-12-42(32-44)46-26-22-40-20-18-36-8-4-10-38-24-28-51(46)60(40)58(36)38/h1-34H. The molecule has 0 bridgehead atoms. The Balaban J connectivity index is 0.968. The van der Waals surface area contributed by atoms with Gasteiger partial charge < -0.3 is 4.42 Å². The Morgan fingerprint density at radius 1 is 0.213 bits per heavy atom. The second-order valence-electron chi connectivity index (χ2n) is 16.8. The van der Waals surface area contributed by atoms with Crippen LogP contribution in [0.2, 0.25) is 0 Å². The highest BCUT2D eigenvalue weighted by Crippen LogP contribution is 2.45. The van der Waals surface area contributed by atoms with Crippen LogP contribution < -0.4 is 0 Å². The van der Waals surface area contributed by atoms with Crippen molar-refractivity contribution in [1.82, 2.24) is 0 Å². The number of benzene rings is 13. The molecule has 0 aliphatic heterocycles. The first-order chi connectivity index (χ1) is 30.2. The van der Waals surface area contributed by atoms with Gasteiger partial charge in [-0.1, -0.05) is 176 Å². The van der Waals surface area contributed by atoms with E-state index in [4.69, 9.17) is 4.42 Å². The smallest absolute Gasteiger partial charge is 0.136 e. The first-order valence-corrected chi connectivity index (χ1v) is 21.1. The molecule has 14 aromatic rings. The van der Waals surface area contributed by atoms with Gasteiger partial charge in [-0.15, -0.1) is 0 Å². The summed E-state index contributed by atoms with van der Waals surface area (Å²) >= 11 is 0. The van der Waals surface area contributed by atoms with Crippen LogP contribution in [0.15, 0.2) is 211 Å². The van der Waals surface area contributed by atoms with E-state index in [2.05, 4.69) is 206 Å². The number of furan rings is 1. The van der Waals surface area contributed by atoms with Crippen LogP contribution in [0.25, 0.3) is 142 Å². The molecule has 0 unspecified atom stereocenters. The fourth-order valence-electron chi connectivity index (χ4n) is 10.7. The average Bonchev–Trinajstić information content (AvgIpc) is 3.69. The molecule has 0 radical (unpaired) electrons. The van der Waals surface area contributed by atoms with Crippen molar-refractivity contribution in [3.8, 4) is 44.5 Å². The van der Waals surface area contributed by atoms with Gasteiger partial charge in [0.25, 0.3) is 0 Å². The molecule has 0 fully saturated rings. The molecule has 0 amide bonds. The van der Waals surface area contributed by atoms with Crippen molar-refractivity contribution < 1.29 is 4.42 Å². The quantitative estimate of drug-likeness (QED) is 0.162. The molecule has 0 N–H and O–H groups in total. The van der Waals surface area contributed by atoms with E-state index >= 15 is 0 Å². The van der Waals surface area contributed by atoms with Crippen LogP contribution in [0.1, 0.15) is 0 Å². The lowest BCUT2D eigenvalue weighted by Crippen LogP contribution is -1.90. The van der Waals surface area contributed by atoms with Crippen LogP contribution in [-0.4, -0.2) is 0 Å². The molecule has 0 aliphatic rings. The van der Waals surface area contributed by atoms with Gasteiger partial charge in [-0.2, -0.15) is 0 Å². The number of para-hydroxylation sites is 1. The lowest BCUT2D eigenvalue weighted by atomic mass is 9.87. The summed E-state index contributed by atoms with van der Waals surface area (Å²) in [5, 5.41) is 20.3. The monoisotopic (exact) mass is 770 g/mol. The first kappa shape index (κ1) is 32.9. The maximum atomic E-state index is 6.56. The predicted octanol–water partition coefficient (Wildman–Crippen LogP) is 17.2. The average molecular weight is 771 g/mol. The van der Waals surface area contributed by atoms with Crippen molar-refractivity contribution in [1.29, 1.82) is 0 Å². The van der Waals surface area contributed by atoms with Crippen LogP contribution >= 0.6 is 0 Å². The topological polar surface area (TPSA) is 13.1 Å². The number of hydrogen-bond donors (Lipinski definition) is 0. The molecule has 280 valence electrons. The zero-order valence-corrected chi connectivity index (χ0v) is 33.0. The summed E-state index contributed by atoms with van der Waals surface area (Å²) in [6.07, 6.45) is 0. The Kier molecular flexibility index (Phi) is 6.62. The Morgan fingerprint density at radius 2 is 0.607 bits per heavy atom. The molecular weight excluding hydrogens is 737 g/mol. The summed E-state index contributed by atoms with van der Waals surface area (Å²) in [7, 11) is 0. The normalized spacial score (nSPS) is 12.3. The maximum Gasteiger partial charge on any atom is 0.136 e. The number of rotatable bonds is 4. The van der Waals surface area contributed by atoms with Crippen LogP contribution in [0.5, 0.6) is 0 Å². The lowest BCUT2D eigenvalue weighted by Gasteiger charge is -2.17. The minimum absolute atomic E-state index is 0.900. The highest BCUT2D eigenvalue weighted by molar-refractivity contribution is 6.27. The van der Waals surface area contributed by atoms with Gasteiger partial charge in [0.15, 0.2) is 0 Å². The van der Waals surface area contributed by atoms with Gasteiger partial charge in [0.05, 0.1) is 0 Å². The molecular formula is C60H34O. The van der Waals surface area contributed by atoms with E-state index in [0.29, 0.717) is 0 Å². The van der Waals surface area contributed by atoms with E-state index in [0.717, 1.165) is 21.9 Å². The molecule has 0 saturated carbocycles. The second kappa shape index (κ2) is 12.3. The molecule has 1 heteroatoms. The van der Waals surface area contributed by atoms with E-state index in [1.165, 1.54) is 120 Å². The van der Waals surface area contributed by atoms with Crippen molar-refractivity contribution in [3.63, 3.8) is 0 Å². The zero-order chi connectivity index (χ0) is 39.8. The number of hydrogen-bond acceptors (Lipinski definition) is 1. The Morgan fingerprint density at radius 3 is 1.13 bits per heavy atom. The van der Waals surface area contributed by atoms with Crippen LogP contribution in [0, 0.1) is 0 Å². The second-order valence-corrected chi connectivity index (χ2v) is 16.8. The molecule has 0 atom stereocenters. The van der Waals surface area contributed by atoms with E-state index in [1.807, 2.05) is 0 Å². The molecule has 13 aromatic carbocycles. The van der Waals surface area contributed by atoms with Crippen molar-refractivity contribution in [3.05, 3.63) is 206 Å². The largest absolute Gasteiger partial charge is 0.456 e. The van der Waals surface area contributed by atoms with Crippen molar-refractivity contribution in [2.75, 3.05) is 0 Å². The molecule has 0 saturated heterocycles. The third kappa shape index (κ3) is 4.72. The summed E-state index contributed by atoms with van der Waals surface area (Å²) in [5.41, 5.74) is 11.5. The lowest BCUT2D eigenvalue weighted by molar-refractivity contribution is 0.669. The Labute approximate surface area is 351 Å². The SMILES string of the molecule is c1cc(-c2ccc(-c3cccc(-c4ccc5ccc6cccc7ccc4c5c67)c3)c3cc4c(cc23)oc2ccccc24)cc(-c2ccc3ccc4cccc5ccc2c3c45)c1. The predicted molar refractivity (Wildman–Crippen MR) is 260 cm³/mol. The van der Waals surface area contributed by atoms with Gasteiger partial charge in [0, 0.05) is 10.8 Å². The van der Waals surface area contributed by atoms with Gasteiger partial charge in [-0.05, 0) is 150 Å². The van der Waals surface area contributed by atoms with Crippen LogP contribution in [0.3, 0.4) is 0 Å². The third-order valence-corrected chi connectivity index (χ3v) is 13.5. The van der Waals surface area contributed by atoms with Gasteiger partial charge >= 0.3 is 0 Å². The molecule has 1 heterocycles. The van der Waals surface area contributed by atoms with E-state index in [-0.39, 0.29) is 0 Å². The summed E-state index contributed by atoms with van der Waals surface area (Å²) in [6.45, 7) is 0. The van der Waals surface area contributed by atoms with Crippen molar-refractivity contribution in [2.45, 2.75) is 0 Å². The minimum Gasteiger partial charge on any atom is -0.456 e. The molecule has 1 nitrogen and oxygen atoms in total. The molecule has 1 aromatic heterocycles. The summed E-state index contributed by atoms with van der Waals surface area (Å²) in [5.74, 6) is 0. The van der Waals surface area contributed by atoms with Gasteiger partial charge in [-0.3, -0.25) is 0 Å². The number of fused-ring (bicyclic) bond motifs is 4. The van der Waals surface area contributed by atoms with Gasteiger partial charge in [0.1, 0.15) is 11.2 Å². The molecule has 0 spiro atoms. The fourth-order valence-corrected chi connectivity index (χ4v) is 10.7. The van der Waals surface area contributed by atoms with Crippen LogP contribution in [-0.2, 0) is 0 Å². The zero-order valence-electron chi connectivity index (χ0n) is 33.0. The molecule has 61 heavy (non-hydrogen) atoms. The van der Waals surface area contributed by atoms with E-state index in [1.54, 1.807) is 0 Å². The highest BCUT2D eigenvalue weighted by atomic mass is 16.3. The summed E-state index contributed by atoms with van der Waals surface area (Å²) < 4.78 is 6.56. The third-order valence-electron chi connectivity index (χ3n) is 13.5. The Hall–Kier alpha value is -8.00. The first-order valence-electron chi connectivity index (χ1n) is 21.1. The molecule has 14 rings (SSSR count). The van der Waals surface area contributed by atoms with E-state index < -0.39 is 0 Å². The van der Waals surface area contributed by atoms with Crippen LogP contribution in [0.4, 0.5) is 0 Å². The van der Waals surface area contributed by atoms with E-state index in [9.17, 15) is 0 Å². The minimum atomic E-state index is 0.900. The summed E-state index contributed by atoms with van der Waals surface area (Å²) in [6, 6.07) is 76.5. The van der Waals surface area contributed by atoms with Gasteiger partial charge in [-0.25, -0.2) is 0 Å². The fraction of sp³-hybridized carbons (Fsp3) is 0. The highest BCUT2D eigenvalue weighted by Gasteiger charge is 2.18. The molecule has 0 aliphatic carbocycles. The maximum absolute atomic E-state index is 6.56.